The van der Waals surface area contributed by atoms with Crippen molar-refractivity contribution in [3.05, 3.63) is 65.1 Å². The van der Waals surface area contributed by atoms with E-state index in [2.05, 4.69) is 21.0 Å². The second kappa shape index (κ2) is 8.85. The van der Waals surface area contributed by atoms with E-state index in [0.29, 0.717) is 29.4 Å². The Morgan fingerprint density at radius 2 is 1.97 bits per heavy atom. The fourth-order valence-electron chi connectivity index (χ4n) is 3.67. The quantitative estimate of drug-likeness (QED) is 0.628. The smallest absolute Gasteiger partial charge is 0.257 e. The number of pyridine rings is 1. The van der Waals surface area contributed by atoms with Crippen LogP contribution in [0.25, 0.3) is 11.3 Å². The van der Waals surface area contributed by atoms with Crippen molar-refractivity contribution in [2.24, 2.45) is 7.05 Å². The molecule has 156 valence electrons. The number of benzene rings is 1. The topological polar surface area (TPSA) is 63.5 Å². The summed E-state index contributed by atoms with van der Waals surface area (Å²) in [6, 6.07) is 11.1. The minimum atomic E-state index is -0.0478. The van der Waals surface area contributed by atoms with E-state index in [1.807, 2.05) is 35.0 Å². The normalized spacial score (nSPS) is 14.7. The van der Waals surface area contributed by atoms with E-state index in [0.717, 1.165) is 36.6 Å². The van der Waals surface area contributed by atoms with Crippen LogP contribution in [-0.4, -0.2) is 63.8 Å². The zero-order valence-corrected chi connectivity index (χ0v) is 17.8. The molecule has 1 amide bonds. The lowest BCUT2D eigenvalue weighted by Gasteiger charge is -2.34. The molecule has 0 radical (unpaired) electrons. The number of aromatic nitrogens is 3. The Balaban J connectivity index is 1.39. The molecule has 0 aliphatic carbocycles. The van der Waals surface area contributed by atoms with E-state index >= 15 is 0 Å². The molecule has 1 fully saturated rings. The highest BCUT2D eigenvalue weighted by Crippen LogP contribution is 2.25. The molecule has 0 spiro atoms. The molecule has 8 heteroatoms. The van der Waals surface area contributed by atoms with Gasteiger partial charge in [-0.1, -0.05) is 11.6 Å². The molecule has 0 bridgehead atoms. The van der Waals surface area contributed by atoms with Crippen molar-refractivity contribution < 1.29 is 9.53 Å². The first kappa shape index (κ1) is 20.4. The number of hydrogen-bond acceptors (Lipinski definition) is 5. The molecular weight excluding hydrogens is 402 g/mol. The number of methoxy groups -OCH3 is 1. The Hall–Kier alpha value is -2.90. The van der Waals surface area contributed by atoms with Gasteiger partial charge in [-0.15, -0.1) is 0 Å². The average Bonchev–Trinajstić information content (AvgIpc) is 3.14. The Bertz CT molecular complexity index is 1030. The van der Waals surface area contributed by atoms with Crippen molar-refractivity contribution in [3.8, 4) is 17.0 Å². The van der Waals surface area contributed by atoms with Crippen LogP contribution in [0.3, 0.4) is 0 Å². The minimum Gasteiger partial charge on any atom is -0.496 e. The van der Waals surface area contributed by atoms with Gasteiger partial charge >= 0.3 is 0 Å². The average molecular weight is 426 g/mol. The minimum absolute atomic E-state index is 0.0478. The van der Waals surface area contributed by atoms with Crippen molar-refractivity contribution in [1.29, 1.82) is 0 Å². The van der Waals surface area contributed by atoms with Crippen LogP contribution in [0.1, 0.15) is 16.1 Å². The molecule has 2 aromatic heterocycles. The van der Waals surface area contributed by atoms with Gasteiger partial charge in [0, 0.05) is 62.8 Å². The molecule has 0 unspecified atom stereocenters. The van der Waals surface area contributed by atoms with Crippen LogP contribution in [0.15, 0.2) is 48.8 Å². The summed E-state index contributed by atoms with van der Waals surface area (Å²) >= 11 is 6.08. The monoisotopic (exact) mass is 425 g/mol. The van der Waals surface area contributed by atoms with E-state index < -0.39 is 0 Å². The highest BCUT2D eigenvalue weighted by Gasteiger charge is 2.25. The third-order valence-corrected chi connectivity index (χ3v) is 5.61. The second-order valence-electron chi connectivity index (χ2n) is 7.30. The fraction of sp³-hybridized carbons (Fsp3) is 0.318. The number of rotatable bonds is 5. The van der Waals surface area contributed by atoms with E-state index in [-0.39, 0.29) is 5.91 Å². The number of nitrogens with zero attached hydrogens (tertiary/aromatic N) is 5. The molecule has 4 rings (SSSR count). The molecular formula is C22H24ClN5O2. The molecule has 0 atom stereocenters. The summed E-state index contributed by atoms with van der Waals surface area (Å²) < 4.78 is 7.25. The highest BCUT2D eigenvalue weighted by atomic mass is 35.5. The van der Waals surface area contributed by atoms with Crippen LogP contribution >= 0.6 is 11.6 Å². The molecule has 1 aromatic carbocycles. The molecule has 0 N–H and O–H groups in total. The molecule has 1 aliphatic rings. The maximum absolute atomic E-state index is 13.0. The molecule has 30 heavy (non-hydrogen) atoms. The number of piperazine rings is 1. The Morgan fingerprint density at radius 1 is 1.17 bits per heavy atom. The lowest BCUT2D eigenvalue weighted by Crippen LogP contribution is -2.48. The zero-order chi connectivity index (χ0) is 21.1. The predicted octanol–water partition coefficient (Wildman–Crippen LogP) is 3.10. The van der Waals surface area contributed by atoms with Gasteiger partial charge in [0.1, 0.15) is 5.75 Å². The highest BCUT2D eigenvalue weighted by molar-refractivity contribution is 6.31. The van der Waals surface area contributed by atoms with Gasteiger partial charge in [0.2, 0.25) is 0 Å². The number of hydrogen-bond donors (Lipinski definition) is 0. The maximum atomic E-state index is 13.0. The molecule has 3 heterocycles. The van der Waals surface area contributed by atoms with Gasteiger partial charge in [0.25, 0.3) is 5.91 Å². The summed E-state index contributed by atoms with van der Waals surface area (Å²) in [6.07, 6.45) is 3.58. The number of aryl methyl sites for hydroxylation is 1. The zero-order valence-electron chi connectivity index (χ0n) is 17.1. The van der Waals surface area contributed by atoms with Crippen LogP contribution in [0.2, 0.25) is 5.02 Å². The SMILES string of the molecule is COc1ccc(Cl)cc1C(=O)N1CCN(Cc2cc(-c3cccnc3)nn2C)CC1. The lowest BCUT2D eigenvalue weighted by molar-refractivity contribution is 0.0622. The number of amides is 1. The van der Waals surface area contributed by atoms with Gasteiger partial charge in [-0.2, -0.15) is 5.10 Å². The molecule has 1 aliphatic heterocycles. The van der Waals surface area contributed by atoms with Crippen LogP contribution in [-0.2, 0) is 13.6 Å². The van der Waals surface area contributed by atoms with Crippen LogP contribution in [0, 0.1) is 0 Å². The van der Waals surface area contributed by atoms with E-state index in [1.54, 1.807) is 31.5 Å². The first-order valence-corrected chi connectivity index (χ1v) is 10.2. The van der Waals surface area contributed by atoms with Gasteiger partial charge in [0.15, 0.2) is 0 Å². The van der Waals surface area contributed by atoms with Gasteiger partial charge in [-0.25, -0.2) is 0 Å². The van der Waals surface area contributed by atoms with E-state index in [9.17, 15) is 4.79 Å². The van der Waals surface area contributed by atoms with Gasteiger partial charge in [0.05, 0.1) is 24.1 Å². The van der Waals surface area contributed by atoms with Gasteiger partial charge in [-0.3, -0.25) is 19.4 Å². The maximum Gasteiger partial charge on any atom is 0.257 e. The Kier molecular flexibility index (Phi) is 6.01. The summed E-state index contributed by atoms with van der Waals surface area (Å²) in [5, 5.41) is 5.14. The van der Waals surface area contributed by atoms with Crippen molar-refractivity contribution in [1.82, 2.24) is 24.6 Å². The van der Waals surface area contributed by atoms with Crippen LogP contribution in [0.5, 0.6) is 5.75 Å². The summed E-state index contributed by atoms with van der Waals surface area (Å²) in [4.78, 5) is 21.3. The third-order valence-electron chi connectivity index (χ3n) is 5.37. The molecule has 7 nitrogen and oxygen atoms in total. The summed E-state index contributed by atoms with van der Waals surface area (Å²) in [5.41, 5.74) is 3.56. The number of halogens is 1. The first-order chi connectivity index (χ1) is 14.5. The van der Waals surface area contributed by atoms with Crippen LogP contribution < -0.4 is 4.74 Å². The summed E-state index contributed by atoms with van der Waals surface area (Å²) in [7, 11) is 3.52. The van der Waals surface area contributed by atoms with Crippen molar-refractivity contribution in [2.45, 2.75) is 6.54 Å². The number of ether oxygens (including phenoxy) is 1. The van der Waals surface area contributed by atoms with E-state index in [4.69, 9.17) is 16.3 Å². The lowest BCUT2D eigenvalue weighted by atomic mass is 10.1. The number of carbonyl (C=O) groups excluding carboxylic acids is 1. The van der Waals surface area contributed by atoms with Gasteiger partial charge < -0.3 is 9.64 Å². The van der Waals surface area contributed by atoms with Crippen molar-refractivity contribution >= 4 is 17.5 Å². The summed E-state index contributed by atoms with van der Waals surface area (Å²) in [5.74, 6) is 0.498. The Labute approximate surface area is 180 Å². The third kappa shape index (κ3) is 4.32. The Morgan fingerprint density at radius 3 is 2.67 bits per heavy atom. The van der Waals surface area contributed by atoms with Crippen molar-refractivity contribution in [2.75, 3.05) is 33.3 Å². The molecule has 3 aromatic rings. The predicted molar refractivity (Wildman–Crippen MR) is 116 cm³/mol. The largest absolute Gasteiger partial charge is 0.496 e. The molecule has 1 saturated heterocycles. The standard InChI is InChI=1S/C22H24ClN5O2/c1-26-18(13-20(25-26)16-4-3-7-24-14-16)15-27-8-10-28(11-9-27)22(29)19-12-17(23)5-6-21(19)30-2/h3-7,12-14H,8-11,15H2,1-2H3. The van der Waals surface area contributed by atoms with Crippen molar-refractivity contribution in [3.63, 3.8) is 0 Å². The fourth-order valence-corrected chi connectivity index (χ4v) is 3.84. The van der Waals surface area contributed by atoms with Crippen LogP contribution in [0.4, 0.5) is 0 Å². The second-order valence-corrected chi connectivity index (χ2v) is 7.74. The molecule has 0 saturated carbocycles. The summed E-state index contributed by atoms with van der Waals surface area (Å²) in [6.45, 7) is 3.68. The first-order valence-electron chi connectivity index (χ1n) is 9.83. The van der Waals surface area contributed by atoms with Gasteiger partial charge in [-0.05, 0) is 36.4 Å². The van der Waals surface area contributed by atoms with E-state index in [1.165, 1.54) is 0 Å². The number of carbonyl (C=O) groups is 1.